The fourth-order valence-electron chi connectivity index (χ4n) is 2.28. The van der Waals surface area contributed by atoms with Gasteiger partial charge in [0.1, 0.15) is 0 Å². The van der Waals surface area contributed by atoms with Crippen LogP contribution >= 0.6 is 11.8 Å². The van der Waals surface area contributed by atoms with E-state index in [1.165, 1.54) is 25.7 Å². The normalized spacial score (nSPS) is 27.5. The van der Waals surface area contributed by atoms with Gasteiger partial charge in [-0.1, -0.05) is 0 Å². The van der Waals surface area contributed by atoms with Crippen molar-refractivity contribution >= 4 is 17.7 Å². The number of hydrogen-bond acceptors (Lipinski definition) is 3. The predicted octanol–water partition coefficient (Wildman–Crippen LogP) is 1.73. The van der Waals surface area contributed by atoms with Gasteiger partial charge in [-0.25, -0.2) is 0 Å². The second-order valence-electron chi connectivity index (χ2n) is 4.83. The minimum atomic E-state index is -0.0502. The van der Waals surface area contributed by atoms with E-state index >= 15 is 0 Å². The molecule has 1 rings (SSSR count). The lowest BCUT2D eigenvalue weighted by Crippen LogP contribution is -2.47. The third-order valence-electron chi connectivity index (χ3n) is 3.30. The molecule has 0 aromatic heterocycles. The summed E-state index contributed by atoms with van der Waals surface area (Å²) in [4.78, 5) is 13.4. The van der Waals surface area contributed by atoms with E-state index < -0.39 is 0 Å². The molecule has 1 aliphatic rings. The van der Waals surface area contributed by atoms with E-state index in [1.54, 1.807) is 4.90 Å². The van der Waals surface area contributed by atoms with Crippen molar-refractivity contribution in [3.8, 4) is 0 Å². The van der Waals surface area contributed by atoms with Crippen LogP contribution in [-0.2, 0) is 4.79 Å². The first-order valence-electron chi connectivity index (χ1n) is 6.04. The van der Waals surface area contributed by atoms with Crippen molar-refractivity contribution in [2.45, 2.75) is 49.9 Å². The maximum Gasteiger partial charge on any atom is 0.238 e. The van der Waals surface area contributed by atoms with E-state index in [4.69, 9.17) is 0 Å². The van der Waals surface area contributed by atoms with E-state index in [0.717, 1.165) is 5.25 Å². The van der Waals surface area contributed by atoms with Gasteiger partial charge < -0.3 is 10.2 Å². The molecule has 0 heterocycles. The average Bonchev–Trinajstić information content (AvgIpc) is 2.28. The molecule has 0 radical (unpaired) electrons. The Hall–Kier alpha value is -0.220. The van der Waals surface area contributed by atoms with Crippen LogP contribution in [0.25, 0.3) is 0 Å². The zero-order valence-corrected chi connectivity index (χ0v) is 11.6. The number of amides is 1. The van der Waals surface area contributed by atoms with Gasteiger partial charge in [-0.15, -0.1) is 0 Å². The Kier molecular flexibility index (Phi) is 5.62. The van der Waals surface area contributed by atoms with Gasteiger partial charge in [0.2, 0.25) is 5.91 Å². The first-order valence-corrected chi connectivity index (χ1v) is 7.33. The van der Waals surface area contributed by atoms with Crippen LogP contribution in [0.4, 0.5) is 0 Å². The Labute approximate surface area is 103 Å². The Balaban J connectivity index is 2.30. The molecule has 0 saturated heterocycles. The maximum absolute atomic E-state index is 11.7. The summed E-state index contributed by atoms with van der Waals surface area (Å²) in [6, 6.07) is 0.480. The van der Waals surface area contributed by atoms with Gasteiger partial charge in [-0.3, -0.25) is 4.79 Å². The van der Waals surface area contributed by atoms with Crippen LogP contribution in [0, 0.1) is 0 Å². The third-order valence-corrected chi connectivity index (χ3v) is 4.44. The number of likely N-dealkylation sites (N-methyl/N-ethyl adjacent to an activating group) is 1. The Morgan fingerprint density at radius 2 is 1.88 bits per heavy atom. The fraction of sp³-hybridized carbons (Fsp3) is 0.917. The summed E-state index contributed by atoms with van der Waals surface area (Å²) >= 11 is 1.97. The molecule has 0 aromatic rings. The SMILES string of the molecule is CSC1CCC(NC(C)C(=O)N(C)C)CC1. The highest BCUT2D eigenvalue weighted by Gasteiger charge is 2.24. The Morgan fingerprint density at radius 1 is 1.31 bits per heavy atom. The van der Waals surface area contributed by atoms with E-state index in [-0.39, 0.29) is 11.9 Å². The molecule has 1 fully saturated rings. The Morgan fingerprint density at radius 3 is 2.31 bits per heavy atom. The highest BCUT2D eigenvalue weighted by Crippen LogP contribution is 2.26. The minimum Gasteiger partial charge on any atom is -0.347 e. The number of nitrogens with one attached hydrogen (secondary N) is 1. The molecular weight excluding hydrogens is 220 g/mol. The lowest BCUT2D eigenvalue weighted by Gasteiger charge is -2.30. The molecule has 0 aliphatic heterocycles. The Bertz CT molecular complexity index is 225. The lowest BCUT2D eigenvalue weighted by molar-refractivity contribution is -0.130. The second-order valence-corrected chi connectivity index (χ2v) is 5.97. The van der Waals surface area contributed by atoms with Gasteiger partial charge in [-0.2, -0.15) is 11.8 Å². The first kappa shape index (κ1) is 13.8. The van der Waals surface area contributed by atoms with Gasteiger partial charge in [-0.05, 0) is 38.9 Å². The molecule has 1 atom stereocenters. The van der Waals surface area contributed by atoms with Crippen molar-refractivity contribution in [1.29, 1.82) is 0 Å². The second kappa shape index (κ2) is 6.50. The molecule has 1 aliphatic carbocycles. The van der Waals surface area contributed by atoms with Gasteiger partial charge in [0.15, 0.2) is 0 Å². The highest BCUT2D eigenvalue weighted by atomic mass is 32.2. The number of carbonyl (C=O) groups is 1. The standard InChI is InChI=1S/C12H24N2OS/c1-9(12(15)14(2)3)13-10-5-7-11(16-4)8-6-10/h9-11,13H,5-8H2,1-4H3. The van der Waals surface area contributed by atoms with Gasteiger partial charge >= 0.3 is 0 Å². The molecule has 1 saturated carbocycles. The minimum absolute atomic E-state index is 0.0502. The first-order chi connectivity index (χ1) is 7.54. The van der Waals surface area contributed by atoms with Crippen LogP contribution in [0.3, 0.4) is 0 Å². The number of carbonyl (C=O) groups excluding carboxylic acids is 1. The van der Waals surface area contributed by atoms with Gasteiger partial charge in [0, 0.05) is 25.4 Å². The molecule has 1 amide bonds. The van der Waals surface area contributed by atoms with Crippen LogP contribution in [0.2, 0.25) is 0 Å². The zero-order valence-electron chi connectivity index (χ0n) is 10.8. The van der Waals surface area contributed by atoms with Crippen LogP contribution in [0.1, 0.15) is 32.6 Å². The van der Waals surface area contributed by atoms with E-state index in [9.17, 15) is 4.79 Å². The lowest BCUT2D eigenvalue weighted by atomic mass is 9.94. The van der Waals surface area contributed by atoms with E-state index in [1.807, 2.05) is 32.8 Å². The van der Waals surface area contributed by atoms with Crippen molar-refractivity contribution < 1.29 is 4.79 Å². The van der Waals surface area contributed by atoms with Crippen LogP contribution in [-0.4, -0.2) is 48.5 Å². The number of thioether (sulfide) groups is 1. The molecule has 0 bridgehead atoms. The van der Waals surface area contributed by atoms with Crippen LogP contribution < -0.4 is 5.32 Å². The summed E-state index contributed by atoms with van der Waals surface area (Å²) in [5, 5.41) is 4.28. The van der Waals surface area contributed by atoms with E-state index in [2.05, 4.69) is 11.6 Å². The van der Waals surface area contributed by atoms with Crippen molar-refractivity contribution in [2.24, 2.45) is 0 Å². The summed E-state index contributed by atoms with van der Waals surface area (Å²) in [5.74, 6) is 0.173. The highest BCUT2D eigenvalue weighted by molar-refractivity contribution is 7.99. The summed E-state index contributed by atoms with van der Waals surface area (Å²) in [6.07, 6.45) is 7.16. The molecule has 1 N–H and O–H groups in total. The topological polar surface area (TPSA) is 32.3 Å². The van der Waals surface area contributed by atoms with Crippen molar-refractivity contribution in [3.05, 3.63) is 0 Å². The maximum atomic E-state index is 11.7. The molecular formula is C12H24N2OS. The van der Waals surface area contributed by atoms with Crippen molar-refractivity contribution in [1.82, 2.24) is 10.2 Å². The zero-order chi connectivity index (χ0) is 12.1. The number of hydrogen-bond donors (Lipinski definition) is 1. The van der Waals surface area contributed by atoms with Crippen molar-refractivity contribution in [2.75, 3.05) is 20.4 Å². The van der Waals surface area contributed by atoms with E-state index in [0.29, 0.717) is 6.04 Å². The molecule has 3 nitrogen and oxygen atoms in total. The van der Waals surface area contributed by atoms with Gasteiger partial charge in [0.05, 0.1) is 6.04 Å². The quantitative estimate of drug-likeness (QED) is 0.817. The van der Waals surface area contributed by atoms with Crippen molar-refractivity contribution in [3.63, 3.8) is 0 Å². The monoisotopic (exact) mass is 244 g/mol. The largest absolute Gasteiger partial charge is 0.347 e. The third kappa shape index (κ3) is 3.98. The summed E-state index contributed by atoms with van der Waals surface area (Å²) < 4.78 is 0. The smallest absolute Gasteiger partial charge is 0.238 e. The fourth-order valence-corrected chi connectivity index (χ4v) is 3.02. The van der Waals surface area contributed by atoms with Gasteiger partial charge in [0.25, 0.3) is 0 Å². The summed E-state index contributed by atoms with van der Waals surface area (Å²) in [6.45, 7) is 1.96. The average molecular weight is 244 g/mol. The molecule has 0 spiro atoms. The molecule has 1 unspecified atom stereocenters. The summed E-state index contributed by atoms with van der Waals surface area (Å²) in [5.41, 5.74) is 0. The predicted molar refractivity (Wildman–Crippen MR) is 70.9 cm³/mol. The van der Waals surface area contributed by atoms with Crippen LogP contribution in [0.15, 0.2) is 0 Å². The molecule has 16 heavy (non-hydrogen) atoms. The number of rotatable bonds is 4. The molecule has 94 valence electrons. The number of nitrogens with zero attached hydrogens (tertiary/aromatic N) is 1. The van der Waals surface area contributed by atoms with Crippen LogP contribution in [0.5, 0.6) is 0 Å². The molecule has 4 heteroatoms. The summed E-state index contributed by atoms with van der Waals surface area (Å²) in [7, 11) is 3.62. The molecule has 0 aromatic carbocycles.